The Morgan fingerprint density at radius 1 is 1.17 bits per heavy atom. The molecule has 1 fully saturated rings. The Kier molecular flexibility index (Phi) is 3.49. The van der Waals surface area contributed by atoms with Gasteiger partial charge < -0.3 is 0 Å². The maximum Gasteiger partial charge on any atom is 0.326 e. The van der Waals surface area contributed by atoms with Gasteiger partial charge in [0.2, 0.25) is 0 Å². The fourth-order valence-corrected chi connectivity index (χ4v) is 2.53. The van der Waals surface area contributed by atoms with Crippen molar-refractivity contribution >= 4 is 17.7 Å². The van der Waals surface area contributed by atoms with Crippen LogP contribution in [0, 0.1) is 6.92 Å². The van der Waals surface area contributed by atoms with Gasteiger partial charge in [0.15, 0.2) is 11.6 Å². The molecule has 2 amide bonds. The number of amides is 2. The highest BCUT2D eigenvalue weighted by atomic mass is 16.2. The molecule has 2 heterocycles. The van der Waals surface area contributed by atoms with E-state index in [4.69, 9.17) is 0 Å². The average Bonchev–Trinajstić information content (AvgIpc) is 3.21. The quantitative estimate of drug-likeness (QED) is 0.772. The molecule has 8 nitrogen and oxygen atoms in total. The first-order valence-electron chi connectivity index (χ1n) is 7.81. The Morgan fingerprint density at radius 2 is 1.92 bits per heavy atom. The molecule has 8 heteroatoms. The van der Waals surface area contributed by atoms with Crippen molar-refractivity contribution in [3.05, 3.63) is 48.3 Å². The molecule has 4 rings (SSSR count). The lowest BCUT2D eigenvalue weighted by Crippen LogP contribution is -2.20. The summed E-state index contributed by atoms with van der Waals surface area (Å²) in [5.41, 5.74) is 1.92. The second kappa shape index (κ2) is 5.80. The van der Waals surface area contributed by atoms with E-state index in [0.717, 1.165) is 24.2 Å². The monoisotopic (exact) mass is 323 g/mol. The van der Waals surface area contributed by atoms with E-state index in [9.17, 15) is 4.79 Å². The molecule has 0 spiro atoms. The van der Waals surface area contributed by atoms with Gasteiger partial charge in [-0.05, 0) is 31.9 Å². The lowest BCUT2D eigenvalue weighted by molar-refractivity contribution is 0.262. The van der Waals surface area contributed by atoms with Crippen LogP contribution in [0.2, 0.25) is 0 Å². The number of aryl methyl sites for hydroxylation is 1. The summed E-state index contributed by atoms with van der Waals surface area (Å²) >= 11 is 0. The van der Waals surface area contributed by atoms with Crippen LogP contribution in [0.1, 0.15) is 24.6 Å². The third-order valence-electron chi connectivity index (χ3n) is 3.81. The molecule has 2 N–H and O–H groups in total. The largest absolute Gasteiger partial charge is 0.326 e. The van der Waals surface area contributed by atoms with Crippen molar-refractivity contribution in [1.29, 1.82) is 0 Å². The minimum Gasteiger partial charge on any atom is -0.291 e. The first-order chi connectivity index (χ1) is 11.7. The van der Waals surface area contributed by atoms with E-state index in [1.807, 2.05) is 48.0 Å². The maximum atomic E-state index is 12.1. The predicted octanol–water partition coefficient (Wildman–Crippen LogP) is 2.75. The van der Waals surface area contributed by atoms with Crippen LogP contribution in [0.4, 0.5) is 16.4 Å². The number of para-hydroxylation sites is 1. The van der Waals surface area contributed by atoms with Gasteiger partial charge in [-0.15, -0.1) is 5.10 Å². The predicted molar refractivity (Wildman–Crippen MR) is 89.2 cm³/mol. The van der Waals surface area contributed by atoms with Gasteiger partial charge in [0.1, 0.15) is 0 Å². The lowest BCUT2D eigenvalue weighted by atomic mass is 10.3. The molecular weight excluding hydrogens is 306 g/mol. The fourth-order valence-electron chi connectivity index (χ4n) is 2.53. The number of nitrogens with zero attached hydrogens (tertiary/aromatic N) is 5. The van der Waals surface area contributed by atoms with E-state index in [2.05, 4.69) is 26.0 Å². The van der Waals surface area contributed by atoms with Crippen LogP contribution in [0.25, 0.3) is 5.69 Å². The first kappa shape index (κ1) is 14.4. The summed E-state index contributed by atoms with van der Waals surface area (Å²) in [6.45, 7) is 1.99. The van der Waals surface area contributed by atoms with Gasteiger partial charge in [-0.2, -0.15) is 5.10 Å². The van der Waals surface area contributed by atoms with E-state index < -0.39 is 6.03 Å². The Balaban J connectivity index is 1.41. The van der Waals surface area contributed by atoms with Gasteiger partial charge in [0, 0.05) is 11.8 Å². The van der Waals surface area contributed by atoms with Gasteiger partial charge in [0.25, 0.3) is 0 Å². The minimum absolute atomic E-state index is 0.370. The summed E-state index contributed by atoms with van der Waals surface area (Å²) in [5, 5.41) is 17.7. The first-order valence-corrected chi connectivity index (χ1v) is 7.81. The zero-order valence-electron chi connectivity index (χ0n) is 13.2. The highest BCUT2D eigenvalue weighted by Crippen LogP contribution is 2.35. The summed E-state index contributed by atoms with van der Waals surface area (Å²) in [5.74, 6) is 0.905. The lowest BCUT2D eigenvalue weighted by Gasteiger charge is -2.02. The van der Waals surface area contributed by atoms with Crippen LogP contribution in [0.15, 0.2) is 42.6 Å². The van der Waals surface area contributed by atoms with Crippen LogP contribution in [0.5, 0.6) is 0 Å². The molecule has 0 aliphatic heterocycles. The van der Waals surface area contributed by atoms with Crippen LogP contribution < -0.4 is 10.6 Å². The zero-order chi connectivity index (χ0) is 16.5. The van der Waals surface area contributed by atoms with Crippen molar-refractivity contribution in [2.75, 3.05) is 10.6 Å². The van der Waals surface area contributed by atoms with Gasteiger partial charge >= 0.3 is 6.03 Å². The van der Waals surface area contributed by atoms with Crippen molar-refractivity contribution < 1.29 is 4.79 Å². The summed E-state index contributed by atoms with van der Waals surface area (Å²) in [6.07, 6.45) is 3.95. The second-order valence-corrected chi connectivity index (χ2v) is 5.81. The summed E-state index contributed by atoms with van der Waals surface area (Å²) < 4.78 is 3.56. The van der Waals surface area contributed by atoms with Gasteiger partial charge in [-0.25, -0.2) is 9.48 Å². The molecule has 2 aromatic heterocycles. The molecule has 0 radical (unpaired) electrons. The summed E-state index contributed by atoms with van der Waals surface area (Å²) in [7, 11) is 0. The second-order valence-electron chi connectivity index (χ2n) is 5.81. The van der Waals surface area contributed by atoms with Crippen LogP contribution >= 0.6 is 0 Å². The number of anilines is 2. The molecule has 0 bridgehead atoms. The maximum absolute atomic E-state index is 12.1. The fraction of sp³-hybridized carbons (Fsp3) is 0.250. The van der Waals surface area contributed by atoms with E-state index >= 15 is 0 Å². The van der Waals surface area contributed by atoms with Crippen molar-refractivity contribution in [2.45, 2.75) is 25.8 Å². The SMILES string of the molecule is Cc1cc(NC(=O)Nc2cn(-c3ccccc3)nn2)nn1C1CC1. The molecule has 0 saturated heterocycles. The van der Waals surface area contributed by atoms with E-state index in [-0.39, 0.29) is 0 Å². The van der Waals surface area contributed by atoms with Gasteiger partial charge in [-0.1, -0.05) is 23.4 Å². The molecule has 1 saturated carbocycles. The molecule has 1 aromatic carbocycles. The van der Waals surface area contributed by atoms with E-state index in [0.29, 0.717) is 17.7 Å². The van der Waals surface area contributed by atoms with Crippen molar-refractivity contribution in [2.24, 2.45) is 0 Å². The number of rotatable bonds is 4. The average molecular weight is 323 g/mol. The van der Waals surface area contributed by atoms with E-state index in [1.165, 1.54) is 0 Å². The number of hydrogen-bond donors (Lipinski definition) is 2. The normalized spacial score (nSPS) is 13.7. The Labute approximate surface area is 138 Å². The molecule has 3 aromatic rings. The molecule has 122 valence electrons. The highest BCUT2D eigenvalue weighted by Gasteiger charge is 2.26. The van der Waals surface area contributed by atoms with Crippen LogP contribution in [-0.4, -0.2) is 30.8 Å². The Bertz CT molecular complexity index is 864. The molecule has 1 aliphatic rings. The number of urea groups is 1. The van der Waals surface area contributed by atoms with Crippen molar-refractivity contribution in [1.82, 2.24) is 24.8 Å². The van der Waals surface area contributed by atoms with Gasteiger partial charge in [0.05, 0.1) is 17.9 Å². The number of carbonyl (C=O) groups is 1. The Hall–Kier alpha value is -3.16. The van der Waals surface area contributed by atoms with Crippen LogP contribution in [0.3, 0.4) is 0 Å². The molecule has 24 heavy (non-hydrogen) atoms. The number of benzene rings is 1. The zero-order valence-corrected chi connectivity index (χ0v) is 13.2. The smallest absolute Gasteiger partial charge is 0.291 e. The highest BCUT2D eigenvalue weighted by molar-refractivity contribution is 5.98. The van der Waals surface area contributed by atoms with Gasteiger partial charge in [-0.3, -0.25) is 15.3 Å². The topological polar surface area (TPSA) is 89.7 Å². The van der Waals surface area contributed by atoms with Crippen LogP contribution in [-0.2, 0) is 0 Å². The number of nitrogens with one attached hydrogen (secondary N) is 2. The van der Waals surface area contributed by atoms with Crippen molar-refractivity contribution in [3.63, 3.8) is 0 Å². The number of hydrogen-bond acceptors (Lipinski definition) is 4. The third-order valence-corrected chi connectivity index (χ3v) is 3.81. The standard InChI is InChI=1S/C16H17N7O/c1-11-9-14(20-23(11)13-7-8-13)17-16(24)18-15-10-22(21-19-15)12-5-3-2-4-6-12/h2-6,9-10,13H,7-8H2,1H3,(H2,17,18,20,24). The van der Waals surface area contributed by atoms with E-state index in [1.54, 1.807) is 10.9 Å². The molecule has 0 unspecified atom stereocenters. The summed E-state index contributed by atoms with van der Waals surface area (Å²) in [4.78, 5) is 12.1. The number of carbonyl (C=O) groups excluding carboxylic acids is 1. The Morgan fingerprint density at radius 3 is 2.67 bits per heavy atom. The van der Waals surface area contributed by atoms with Crippen molar-refractivity contribution in [3.8, 4) is 5.69 Å². The summed E-state index contributed by atoms with van der Waals surface area (Å²) in [6, 6.07) is 11.5. The number of aromatic nitrogens is 5. The molecule has 0 atom stereocenters. The molecule has 1 aliphatic carbocycles. The third kappa shape index (κ3) is 2.98. The molecular formula is C16H17N7O. The minimum atomic E-state index is -0.393.